The first kappa shape index (κ1) is 12.5. The molecule has 1 rings (SSSR count). The van der Waals surface area contributed by atoms with E-state index in [2.05, 4.69) is 0 Å². The predicted molar refractivity (Wildman–Crippen MR) is 32.6 cm³/mol. The Hall–Kier alpha value is 1.45. The molecule has 0 aliphatic heterocycles. The number of rotatable bonds is 2. The van der Waals surface area contributed by atoms with Crippen LogP contribution in [0.2, 0.25) is 5.82 Å². The van der Waals surface area contributed by atoms with Crippen LogP contribution in [0, 0.1) is 5.92 Å². The summed E-state index contributed by atoms with van der Waals surface area (Å²) in [6.07, 6.45) is 0.278. The third-order valence-electron chi connectivity index (χ3n) is 2.06. The molecule has 60 valence electrons. The molecule has 0 heterocycles. The second-order valence-electron chi connectivity index (χ2n) is 2.91. The molecule has 0 spiro atoms. The van der Waals surface area contributed by atoms with Gasteiger partial charge in [-0.3, -0.25) is 0 Å². The summed E-state index contributed by atoms with van der Waals surface area (Å²) >= 11 is 0. The van der Waals surface area contributed by atoms with Gasteiger partial charge in [0.15, 0.2) is 0 Å². The molecule has 1 aliphatic carbocycles. The molecule has 0 saturated heterocycles. The van der Waals surface area contributed by atoms with Crippen molar-refractivity contribution in [2.24, 2.45) is 5.92 Å². The van der Waals surface area contributed by atoms with Crippen molar-refractivity contribution in [1.29, 1.82) is 0 Å². The van der Waals surface area contributed by atoms with Crippen LogP contribution >= 0.6 is 0 Å². The fourth-order valence-electron chi connectivity index (χ4n) is 1.24. The second-order valence-corrected chi connectivity index (χ2v) is 2.91. The van der Waals surface area contributed by atoms with Crippen LogP contribution in [-0.2, 0) is 0 Å². The standard InChI is InChI=1S/C5H9BF3O.K/c7-6(8,9)5-1-4(2-5)3-10;/h4-5,10H,1-3H2;/q-1;+1. The molecule has 0 amide bonds. The number of aliphatic hydroxyl groups is 1. The minimum Gasteiger partial charge on any atom is -0.449 e. The minimum atomic E-state index is -4.62. The molecule has 0 atom stereocenters. The van der Waals surface area contributed by atoms with E-state index in [1.165, 1.54) is 0 Å². The molecule has 0 bridgehead atoms. The zero-order valence-electron chi connectivity index (χ0n) is 6.43. The molecular weight excluding hydrogens is 183 g/mol. The molecule has 11 heavy (non-hydrogen) atoms. The Bertz CT molecular complexity index is 123. The fourth-order valence-corrected chi connectivity index (χ4v) is 1.24. The third kappa shape index (κ3) is 3.36. The summed E-state index contributed by atoms with van der Waals surface area (Å²) in [6, 6.07) is 0. The maximum Gasteiger partial charge on any atom is 1.00 e. The van der Waals surface area contributed by atoms with Crippen LogP contribution in [0.5, 0.6) is 0 Å². The van der Waals surface area contributed by atoms with Gasteiger partial charge < -0.3 is 18.1 Å². The summed E-state index contributed by atoms with van der Waals surface area (Å²) in [5, 5.41) is 8.41. The van der Waals surface area contributed by atoms with E-state index in [1.807, 2.05) is 0 Å². The zero-order chi connectivity index (χ0) is 7.78. The first-order valence-electron chi connectivity index (χ1n) is 3.35. The number of hydrogen-bond donors (Lipinski definition) is 1. The topological polar surface area (TPSA) is 20.2 Å². The predicted octanol–water partition coefficient (Wildman–Crippen LogP) is -1.39. The summed E-state index contributed by atoms with van der Waals surface area (Å²) in [5.74, 6) is -1.18. The zero-order valence-corrected chi connectivity index (χ0v) is 9.56. The Labute approximate surface area is 106 Å². The molecule has 1 aliphatic rings. The summed E-state index contributed by atoms with van der Waals surface area (Å²) < 4.78 is 35.4. The van der Waals surface area contributed by atoms with E-state index in [-0.39, 0.29) is 76.8 Å². The van der Waals surface area contributed by atoms with Gasteiger partial charge in [0.1, 0.15) is 0 Å². The molecule has 0 aromatic rings. The number of halogens is 3. The maximum absolute atomic E-state index is 11.8. The number of aliphatic hydroxyl groups excluding tert-OH is 1. The first-order chi connectivity index (χ1) is 4.54. The van der Waals surface area contributed by atoms with Crippen LogP contribution in [0.15, 0.2) is 0 Å². The second kappa shape index (κ2) is 4.62. The van der Waals surface area contributed by atoms with Crippen LogP contribution in [0.4, 0.5) is 12.9 Å². The molecule has 1 saturated carbocycles. The Kier molecular flexibility index (Phi) is 5.23. The van der Waals surface area contributed by atoms with Crippen LogP contribution in [0.3, 0.4) is 0 Å². The van der Waals surface area contributed by atoms with Crippen molar-refractivity contribution in [3.05, 3.63) is 0 Å². The largest absolute Gasteiger partial charge is 1.00 e. The Morgan fingerprint density at radius 1 is 1.27 bits per heavy atom. The SMILES string of the molecule is OCC1CC([B-](F)(F)F)C1.[K+]. The van der Waals surface area contributed by atoms with E-state index in [0.717, 1.165) is 0 Å². The van der Waals surface area contributed by atoms with E-state index in [9.17, 15) is 12.9 Å². The van der Waals surface area contributed by atoms with Crippen molar-refractivity contribution in [1.82, 2.24) is 0 Å². The smallest absolute Gasteiger partial charge is 0.449 e. The normalized spacial score (nSPS) is 30.5. The van der Waals surface area contributed by atoms with Gasteiger partial charge in [0.25, 0.3) is 0 Å². The molecular formula is C5H9BF3KO. The van der Waals surface area contributed by atoms with Crippen molar-refractivity contribution in [3.8, 4) is 0 Å². The minimum absolute atomic E-state index is 0. The van der Waals surface area contributed by atoms with E-state index in [1.54, 1.807) is 0 Å². The summed E-state index contributed by atoms with van der Waals surface area (Å²) in [6.45, 7) is -4.72. The maximum atomic E-state index is 11.8. The van der Waals surface area contributed by atoms with Crippen LogP contribution < -0.4 is 51.4 Å². The Balaban J connectivity index is 0.000001000. The Morgan fingerprint density at radius 2 is 1.73 bits per heavy atom. The molecule has 6 heteroatoms. The van der Waals surface area contributed by atoms with Gasteiger partial charge in [-0.2, -0.15) is 0 Å². The van der Waals surface area contributed by atoms with Gasteiger partial charge in [0.05, 0.1) is 0 Å². The summed E-state index contributed by atoms with van der Waals surface area (Å²) in [7, 11) is 0. The monoisotopic (exact) mass is 192 g/mol. The molecule has 0 aromatic heterocycles. The van der Waals surface area contributed by atoms with Gasteiger partial charge in [-0.05, 0) is 5.92 Å². The fraction of sp³-hybridized carbons (Fsp3) is 1.00. The van der Waals surface area contributed by atoms with Gasteiger partial charge in [-0.1, -0.05) is 18.7 Å². The number of hydrogen-bond acceptors (Lipinski definition) is 1. The molecule has 1 nitrogen and oxygen atoms in total. The van der Waals surface area contributed by atoms with Crippen molar-refractivity contribution in [2.45, 2.75) is 18.7 Å². The average Bonchev–Trinajstić information content (AvgIpc) is 1.57. The van der Waals surface area contributed by atoms with Gasteiger partial charge in [0, 0.05) is 6.61 Å². The molecule has 1 N–H and O–H groups in total. The molecule has 0 radical (unpaired) electrons. The van der Waals surface area contributed by atoms with Crippen molar-refractivity contribution in [3.63, 3.8) is 0 Å². The van der Waals surface area contributed by atoms with E-state index >= 15 is 0 Å². The van der Waals surface area contributed by atoms with Crippen molar-refractivity contribution in [2.75, 3.05) is 6.61 Å². The van der Waals surface area contributed by atoms with Crippen LogP contribution in [0.25, 0.3) is 0 Å². The molecule has 1 fully saturated rings. The van der Waals surface area contributed by atoms with Crippen molar-refractivity contribution < 1.29 is 69.4 Å². The summed E-state index contributed by atoms with van der Waals surface area (Å²) in [4.78, 5) is 0. The third-order valence-corrected chi connectivity index (χ3v) is 2.06. The summed E-state index contributed by atoms with van der Waals surface area (Å²) in [5.41, 5.74) is 0. The van der Waals surface area contributed by atoms with Crippen LogP contribution in [-0.4, -0.2) is 18.7 Å². The Morgan fingerprint density at radius 3 is 2.00 bits per heavy atom. The van der Waals surface area contributed by atoms with Gasteiger partial charge >= 0.3 is 58.4 Å². The molecule has 0 unspecified atom stereocenters. The van der Waals surface area contributed by atoms with Crippen LogP contribution in [0.1, 0.15) is 12.8 Å². The van der Waals surface area contributed by atoms with E-state index in [4.69, 9.17) is 5.11 Å². The van der Waals surface area contributed by atoms with Crippen molar-refractivity contribution >= 4 is 6.98 Å². The van der Waals surface area contributed by atoms with Gasteiger partial charge in [-0.25, -0.2) is 0 Å². The van der Waals surface area contributed by atoms with E-state index in [0.29, 0.717) is 0 Å². The van der Waals surface area contributed by atoms with Gasteiger partial charge in [-0.15, -0.1) is 0 Å². The first-order valence-corrected chi connectivity index (χ1v) is 3.35. The van der Waals surface area contributed by atoms with Gasteiger partial charge in [0.2, 0.25) is 0 Å². The molecule has 0 aromatic carbocycles. The average molecular weight is 192 g/mol. The van der Waals surface area contributed by atoms with E-state index < -0.39 is 12.8 Å². The quantitative estimate of drug-likeness (QED) is 0.534.